The fraction of sp³-hybridized carbons (Fsp3) is 0.182. The molecular formula is C33H30O6. The van der Waals surface area contributed by atoms with Crippen molar-refractivity contribution in [1.29, 1.82) is 0 Å². The Morgan fingerprint density at radius 3 is 0.821 bits per heavy atom. The molecule has 0 bridgehead atoms. The second-order valence-corrected chi connectivity index (χ2v) is 9.85. The van der Waals surface area contributed by atoms with Crippen LogP contribution in [0.15, 0.2) is 72.8 Å². The fourth-order valence-electron chi connectivity index (χ4n) is 5.09. The van der Waals surface area contributed by atoms with E-state index in [0.29, 0.717) is 19.3 Å². The minimum absolute atomic E-state index is 0.243. The van der Waals surface area contributed by atoms with Crippen LogP contribution in [0, 0.1) is 20.8 Å². The van der Waals surface area contributed by atoms with E-state index in [2.05, 4.69) is 20.8 Å². The van der Waals surface area contributed by atoms with Crippen molar-refractivity contribution in [2.45, 2.75) is 40.0 Å². The molecule has 0 unspecified atom stereocenters. The van der Waals surface area contributed by atoms with E-state index in [4.69, 9.17) is 0 Å². The summed E-state index contributed by atoms with van der Waals surface area (Å²) in [4.78, 5) is 33.9. The van der Waals surface area contributed by atoms with Gasteiger partial charge in [0.2, 0.25) is 0 Å². The smallest absolute Gasteiger partial charge is 0.335 e. The molecule has 0 saturated heterocycles. The first kappa shape index (κ1) is 27.3. The first-order valence-electron chi connectivity index (χ1n) is 12.6. The fourth-order valence-corrected chi connectivity index (χ4v) is 5.09. The SMILES string of the molecule is Cc1c(Cc2ccc(C(=O)O)cc2)c(C)c(Cc2ccc(C(=O)O)cc2)c(C)c1Cc1ccc(C(=O)O)cc1. The number of carbonyl (C=O) groups is 3. The lowest BCUT2D eigenvalue weighted by Crippen LogP contribution is -2.10. The van der Waals surface area contributed by atoms with Gasteiger partial charge in [-0.05, 0) is 127 Å². The summed E-state index contributed by atoms with van der Waals surface area (Å²) < 4.78 is 0. The Hall–Kier alpha value is -4.71. The Morgan fingerprint density at radius 1 is 0.436 bits per heavy atom. The maximum Gasteiger partial charge on any atom is 0.335 e. The van der Waals surface area contributed by atoms with E-state index >= 15 is 0 Å². The lowest BCUT2D eigenvalue weighted by molar-refractivity contribution is 0.0686. The average Bonchev–Trinajstić information content (AvgIpc) is 2.92. The number of aromatic carboxylic acids is 3. The van der Waals surface area contributed by atoms with Gasteiger partial charge in [0.15, 0.2) is 0 Å². The summed E-state index contributed by atoms with van der Waals surface area (Å²) in [6.45, 7) is 6.31. The van der Waals surface area contributed by atoms with E-state index in [0.717, 1.165) is 50.1 Å². The van der Waals surface area contributed by atoms with Crippen molar-refractivity contribution >= 4 is 17.9 Å². The van der Waals surface area contributed by atoms with Gasteiger partial charge in [0.05, 0.1) is 16.7 Å². The maximum atomic E-state index is 11.3. The first-order chi connectivity index (χ1) is 18.5. The number of hydrogen-bond acceptors (Lipinski definition) is 3. The van der Waals surface area contributed by atoms with Crippen LogP contribution in [0.3, 0.4) is 0 Å². The van der Waals surface area contributed by atoms with Gasteiger partial charge in [0.25, 0.3) is 0 Å². The summed E-state index contributed by atoms with van der Waals surface area (Å²) in [7, 11) is 0. The zero-order chi connectivity index (χ0) is 28.3. The molecule has 0 radical (unpaired) electrons. The molecular weight excluding hydrogens is 492 g/mol. The minimum Gasteiger partial charge on any atom is -0.478 e. The van der Waals surface area contributed by atoms with Gasteiger partial charge in [-0.2, -0.15) is 0 Å². The predicted octanol–water partition coefficient (Wildman–Crippen LogP) is 6.48. The van der Waals surface area contributed by atoms with Crippen LogP contribution >= 0.6 is 0 Å². The molecule has 3 N–H and O–H groups in total. The van der Waals surface area contributed by atoms with Gasteiger partial charge in [-0.3, -0.25) is 0 Å². The van der Waals surface area contributed by atoms with Gasteiger partial charge in [0.1, 0.15) is 0 Å². The lowest BCUT2D eigenvalue weighted by Gasteiger charge is -2.23. The third-order valence-corrected chi connectivity index (χ3v) is 7.46. The number of carboxylic acid groups (broad SMARTS) is 3. The number of benzene rings is 4. The van der Waals surface area contributed by atoms with Crippen molar-refractivity contribution in [3.63, 3.8) is 0 Å². The molecule has 0 aliphatic heterocycles. The Morgan fingerprint density at radius 2 is 0.641 bits per heavy atom. The van der Waals surface area contributed by atoms with E-state index in [1.165, 1.54) is 0 Å². The Bertz CT molecular complexity index is 1340. The molecule has 4 aromatic rings. The highest BCUT2D eigenvalue weighted by molar-refractivity contribution is 5.88. The van der Waals surface area contributed by atoms with Gasteiger partial charge in [-0.15, -0.1) is 0 Å². The average molecular weight is 523 g/mol. The molecule has 0 aromatic heterocycles. The lowest BCUT2D eigenvalue weighted by atomic mass is 9.81. The van der Waals surface area contributed by atoms with Gasteiger partial charge in [-0.25, -0.2) is 14.4 Å². The molecule has 0 aliphatic rings. The quantitative estimate of drug-likeness (QED) is 0.232. The van der Waals surface area contributed by atoms with Gasteiger partial charge in [0, 0.05) is 0 Å². The van der Waals surface area contributed by atoms with Gasteiger partial charge >= 0.3 is 17.9 Å². The van der Waals surface area contributed by atoms with Crippen LogP contribution in [-0.2, 0) is 19.3 Å². The minimum atomic E-state index is -0.961. The molecule has 0 fully saturated rings. The predicted molar refractivity (Wildman–Crippen MR) is 149 cm³/mol. The summed E-state index contributed by atoms with van der Waals surface area (Å²) >= 11 is 0. The maximum absolute atomic E-state index is 11.3. The molecule has 0 spiro atoms. The Kier molecular flexibility index (Phi) is 7.96. The highest BCUT2D eigenvalue weighted by Gasteiger charge is 2.19. The molecule has 0 atom stereocenters. The summed E-state index contributed by atoms with van der Waals surface area (Å²) in [5.74, 6) is -2.88. The molecule has 39 heavy (non-hydrogen) atoms. The van der Waals surface area contributed by atoms with Crippen molar-refractivity contribution in [3.05, 3.63) is 140 Å². The van der Waals surface area contributed by atoms with E-state index in [1.54, 1.807) is 36.4 Å². The van der Waals surface area contributed by atoms with Crippen LogP contribution < -0.4 is 0 Å². The Balaban J connectivity index is 1.79. The summed E-state index contributed by atoms with van der Waals surface area (Å²) in [5, 5.41) is 27.8. The topological polar surface area (TPSA) is 112 Å². The van der Waals surface area contributed by atoms with Crippen LogP contribution in [0.4, 0.5) is 0 Å². The van der Waals surface area contributed by atoms with E-state index < -0.39 is 17.9 Å². The van der Waals surface area contributed by atoms with Crippen LogP contribution in [0.5, 0.6) is 0 Å². The monoisotopic (exact) mass is 522 g/mol. The van der Waals surface area contributed by atoms with Crippen molar-refractivity contribution < 1.29 is 29.7 Å². The van der Waals surface area contributed by atoms with Gasteiger partial charge in [-0.1, -0.05) is 36.4 Å². The molecule has 0 amide bonds. The molecule has 198 valence electrons. The molecule has 0 aliphatic carbocycles. The van der Waals surface area contributed by atoms with Crippen molar-refractivity contribution in [3.8, 4) is 0 Å². The van der Waals surface area contributed by atoms with E-state index in [-0.39, 0.29) is 16.7 Å². The van der Waals surface area contributed by atoms with Crippen LogP contribution in [0.25, 0.3) is 0 Å². The number of hydrogen-bond donors (Lipinski definition) is 3. The third-order valence-electron chi connectivity index (χ3n) is 7.46. The second-order valence-electron chi connectivity index (χ2n) is 9.85. The number of carboxylic acids is 3. The largest absolute Gasteiger partial charge is 0.478 e. The third kappa shape index (κ3) is 6.07. The highest BCUT2D eigenvalue weighted by Crippen LogP contribution is 2.32. The summed E-state index contributed by atoms with van der Waals surface area (Å²) in [6.07, 6.45) is 1.90. The zero-order valence-corrected chi connectivity index (χ0v) is 22.1. The molecule has 6 nitrogen and oxygen atoms in total. The molecule has 0 heterocycles. The number of rotatable bonds is 9. The highest BCUT2D eigenvalue weighted by atomic mass is 16.4. The first-order valence-corrected chi connectivity index (χ1v) is 12.6. The molecule has 4 aromatic carbocycles. The van der Waals surface area contributed by atoms with Crippen LogP contribution in [0.1, 0.15) is 81.1 Å². The molecule has 0 saturated carbocycles. The summed E-state index contributed by atoms with van der Waals surface area (Å²) in [6, 6.07) is 20.8. The zero-order valence-electron chi connectivity index (χ0n) is 22.1. The molecule has 6 heteroatoms. The Labute approximate surface area is 227 Å². The van der Waals surface area contributed by atoms with Crippen molar-refractivity contribution in [1.82, 2.24) is 0 Å². The van der Waals surface area contributed by atoms with Crippen LogP contribution in [0.2, 0.25) is 0 Å². The normalized spacial score (nSPS) is 10.8. The molecule has 4 rings (SSSR count). The van der Waals surface area contributed by atoms with Crippen molar-refractivity contribution in [2.24, 2.45) is 0 Å². The second kappa shape index (κ2) is 11.4. The summed E-state index contributed by atoms with van der Waals surface area (Å²) in [5.41, 5.74) is 10.7. The van der Waals surface area contributed by atoms with Gasteiger partial charge < -0.3 is 15.3 Å². The van der Waals surface area contributed by atoms with E-state index in [1.807, 2.05) is 36.4 Å². The standard InChI is InChI=1S/C33H30O6/c1-19-28(16-22-4-10-25(11-5-22)31(34)35)20(2)30(18-24-8-14-27(15-9-24)33(38)39)21(3)29(19)17-23-6-12-26(13-7-23)32(36)37/h4-15H,16-18H2,1-3H3,(H,34,35)(H,36,37)(H,38,39). The van der Waals surface area contributed by atoms with E-state index in [9.17, 15) is 29.7 Å². The van der Waals surface area contributed by atoms with Crippen molar-refractivity contribution in [2.75, 3.05) is 0 Å². The van der Waals surface area contributed by atoms with Crippen LogP contribution in [-0.4, -0.2) is 33.2 Å².